The van der Waals surface area contributed by atoms with Crippen LogP contribution in [-0.4, -0.2) is 49.2 Å². The zero-order chi connectivity index (χ0) is 11.4. The highest BCUT2D eigenvalue weighted by atomic mass is 16.5. The Labute approximate surface area is 97.3 Å². The van der Waals surface area contributed by atoms with Gasteiger partial charge in [-0.2, -0.15) is 0 Å². The first-order valence-electron chi connectivity index (χ1n) is 6.40. The Morgan fingerprint density at radius 1 is 1.38 bits per heavy atom. The van der Waals surface area contributed by atoms with E-state index in [0.29, 0.717) is 6.04 Å². The molecule has 2 rings (SSSR count). The molecule has 1 unspecified atom stereocenters. The molecule has 2 fully saturated rings. The number of rotatable bonds is 3. The first-order valence-corrected chi connectivity index (χ1v) is 6.40. The van der Waals surface area contributed by atoms with E-state index < -0.39 is 0 Å². The molecule has 0 spiro atoms. The van der Waals surface area contributed by atoms with Crippen molar-refractivity contribution in [2.45, 2.75) is 44.7 Å². The fourth-order valence-electron chi connectivity index (χ4n) is 2.48. The number of amides is 1. The van der Waals surface area contributed by atoms with Crippen LogP contribution in [0.5, 0.6) is 0 Å². The quantitative estimate of drug-likeness (QED) is 0.772. The first kappa shape index (κ1) is 11.9. The van der Waals surface area contributed by atoms with Crippen LogP contribution in [0.4, 0.5) is 0 Å². The Bertz CT molecular complexity index is 233. The third-order valence-electron chi connectivity index (χ3n) is 3.45. The van der Waals surface area contributed by atoms with Crippen LogP contribution in [0.1, 0.15) is 32.6 Å². The van der Waals surface area contributed by atoms with Gasteiger partial charge in [0.1, 0.15) is 0 Å². The molecule has 0 aromatic rings. The Morgan fingerprint density at radius 3 is 2.75 bits per heavy atom. The van der Waals surface area contributed by atoms with Crippen LogP contribution in [-0.2, 0) is 9.53 Å². The Kier molecular flexibility index (Phi) is 4.18. The maximum Gasteiger partial charge on any atom is 0.239 e. The largest absolute Gasteiger partial charge is 0.380 e. The van der Waals surface area contributed by atoms with Gasteiger partial charge < -0.3 is 15.0 Å². The molecular formula is C12H22N2O2. The molecule has 0 bridgehead atoms. The second-order valence-corrected chi connectivity index (χ2v) is 4.83. The van der Waals surface area contributed by atoms with E-state index in [1.807, 2.05) is 11.8 Å². The summed E-state index contributed by atoms with van der Waals surface area (Å²) in [5.74, 6) is 0.256. The van der Waals surface area contributed by atoms with Gasteiger partial charge in [-0.25, -0.2) is 0 Å². The van der Waals surface area contributed by atoms with Gasteiger partial charge in [-0.3, -0.25) is 4.79 Å². The molecular weight excluding hydrogens is 204 g/mol. The lowest BCUT2D eigenvalue weighted by Gasteiger charge is -2.30. The Morgan fingerprint density at radius 2 is 2.12 bits per heavy atom. The molecule has 2 aliphatic heterocycles. The minimum Gasteiger partial charge on any atom is -0.380 e. The van der Waals surface area contributed by atoms with Crippen LogP contribution in [0, 0.1) is 0 Å². The highest BCUT2D eigenvalue weighted by Crippen LogP contribution is 2.11. The predicted molar refractivity (Wildman–Crippen MR) is 62.3 cm³/mol. The molecule has 1 amide bonds. The lowest BCUT2D eigenvalue weighted by Crippen LogP contribution is -2.49. The van der Waals surface area contributed by atoms with Crippen molar-refractivity contribution in [1.29, 1.82) is 0 Å². The zero-order valence-corrected chi connectivity index (χ0v) is 10.1. The summed E-state index contributed by atoms with van der Waals surface area (Å²) in [7, 11) is 0. The monoisotopic (exact) mass is 226 g/mol. The number of carbonyl (C=O) groups is 1. The molecule has 0 saturated carbocycles. The number of ether oxygens (including phenoxy) is 1. The van der Waals surface area contributed by atoms with Crippen molar-refractivity contribution < 1.29 is 9.53 Å². The van der Waals surface area contributed by atoms with E-state index in [2.05, 4.69) is 5.32 Å². The van der Waals surface area contributed by atoms with Crippen molar-refractivity contribution in [2.24, 2.45) is 0 Å². The van der Waals surface area contributed by atoms with Crippen molar-refractivity contribution in [3.8, 4) is 0 Å². The Hall–Kier alpha value is -0.610. The van der Waals surface area contributed by atoms with Crippen LogP contribution in [0.2, 0.25) is 0 Å². The third kappa shape index (κ3) is 2.95. The van der Waals surface area contributed by atoms with Crippen LogP contribution in [0.15, 0.2) is 0 Å². The fraction of sp³-hybridized carbons (Fsp3) is 0.917. The standard InChI is InChI=1S/C12H22N2O2/c1-10(13-11-5-8-16-9-11)12(15)14-6-3-2-4-7-14/h10-11,13H,2-9H2,1H3/t10-,11?/m0/s1. The summed E-state index contributed by atoms with van der Waals surface area (Å²) in [5.41, 5.74) is 0. The van der Waals surface area contributed by atoms with E-state index in [4.69, 9.17) is 4.74 Å². The smallest absolute Gasteiger partial charge is 0.239 e. The van der Waals surface area contributed by atoms with Gasteiger partial charge in [-0.15, -0.1) is 0 Å². The van der Waals surface area contributed by atoms with Crippen molar-refractivity contribution in [3.63, 3.8) is 0 Å². The number of likely N-dealkylation sites (tertiary alicyclic amines) is 1. The van der Waals surface area contributed by atoms with Gasteiger partial charge in [-0.1, -0.05) is 0 Å². The molecule has 2 saturated heterocycles. The van der Waals surface area contributed by atoms with Gasteiger partial charge >= 0.3 is 0 Å². The predicted octanol–water partition coefficient (Wildman–Crippen LogP) is 0.766. The molecule has 2 atom stereocenters. The molecule has 0 radical (unpaired) electrons. The zero-order valence-electron chi connectivity index (χ0n) is 10.1. The van der Waals surface area contributed by atoms with E-state index >= 15 is 0 Å². The highest BCUT2D eigenvalue weighted by Gasteiger charge is 2.25. The van der Waals surface area contributed by atoms with Gasteiger partial charge in [0.25, 0.3) is 0 Å². The number of nitrogens with one attached hydrogen (secondary N) is 1. The van der Waals surface area contributed by atoms with E-state index in [1.54, 1.807) is 0 Å². The molecule has 16 heavy (non-hydrogen) atoms. The summed E-state index contributed by atoms with van der Waals surface area (Å²) < 4.78 is 5.30. The van der Waals surface area contributed by atoms with Crippen molar-refractivity contribution >= 4 is 5.91 Å². The second kappa shape index (κ2) is 5.64. The minimum absolute atomic E-state index is 0.0650. The van der Waals surface area contributed by atoms with Crippen LogP contribution in [0.25, 0.3) is 0 Å². The van der Waals surface area contributed by atoms with Crippen LogP contribution >= 0.6 is 0 Å². The maximum atomic E-state index is 12.1. The molecule has 1 N–H and O–H groups in total. The minimum atomic E-state index is -0.0650. The highest BCUT2D eigenvalue weighted by molar-refractivity contribution is 5.81. The molecule has 0 aromatic carbocycles. The van der Waals surface area contributed by atoms with Gasteiger partial charge in [0.15, 0.2) is 0 Å². The number of piperidine rings is 1. The van der Waals surface area contributed by atoms with Crippen LogP contribution < -0.4 is 5.32 Å². The van der Waals surface area contributed by atoms with E-state index in [9.17, 15) is 4.79 Å². The summed E-state index contributed by atoms with van der Waals surface area (Å²) in [6, 6.07) is 0.300. The van der Waals surface area contributed by atoms with E-state index in [-0.39, 0.29) is 11.9 Å². The number of hydrogen-bond acceptors (Lipinski definition) is 3. The molecule has 0 aromatic heterocycles. The number of carbonyl (C=O) groups excluding carboxylic acids is 1. The van der Waals surface area contributed by atoms with Gasteiger partial charge in [0.2, 0.25) is 5.91 Å². The van der Waals surface area contributed by atoms with Gasteiger partial charge in [0.05, 0.1) is 12.6 Å². The molecule has 4 heteroatoms. The molecule has 2 aliphatic rings. The fourth-order valence-corrected chi connectivity index (χ4v) is 2.48. The summed E-state index contributed by atoms with van der Waals surface area (Å²) in [6.07, 6.45) is 4.61. The lowest BCUT2D eigenvalue weighted by molar-refractivity contribution is -0.134. The lowest BCUT2D eigenvalue weighted by atomic mass is 10.1. The van der Waals surface area contributed by atoms with Crippen LogP contribution in [0.3, 0.4) is 0 Å². The SMILES string of the molecule is C[C@H](NC1CCOC1)C(=O)N1CCCCC1. The maximum absolute atomic E-state index is 12.1. The summed E-state index contributed by atoms with van der Waals surface area (Å²) in [4.78, 5) is 14.1. The van der Waals surface area contributed by atoms with Crippen molar-refractivity contribution in [3.05, 3.63) is 0 Å². The average molecular weight is 226 g/mol. The number of hydrogen-bond donors (Lipinski definition) is 1. The van der Waals surface area contributed by atoms with Gasteiger partial charge in [0, 0.05) is 25.7 Å². The summed E-state index contributed by atoms with van der Waals surface area (Å²) in [5, 5.41) is 3.36. The van der Waals surface area contributed by atoms with E-state index in [1.165, 1.54) is 6.42 Å². The number of nitrogens with zero attached hydrogens (tertiary/aromatic N) is 1. The van der Waals surface area contributed by atoms with Gasteiger partial charge in [-0.05, 0) is 32.6 Å². The summed E-state index contributed by atoms with van der Waals surface area (Å²) in [6.45, 7) is 5.41. The van der Waals surface area contributed by atoms with Crippen molar-refractivity contribution in [1.82, 2.24) is 10.2 Å². The van der Waals surface area contributed by atoms with Crippen molar-refractivity contribution in [2.75, 3.05) is 26.3 Å². The average Bonchev–Trinajstić information content (AvgIpc) is 2.82. The van der Waals surface area contributed by atoms with E-state index in [0.717, 1.165) is 45.6 Å². The molecule has 4 nitrogen and oxygen atoms in total. The summed E-state index contributed by atoms with van der Waals surface area (Å²) >= 11 is 0. The molecule has 92 valence electrons. The second-order valence-electron chi connectivity index (χ2n) is 4.83. The third-order valence-corrected chi connectivity index (χ3v) is 3.45. The first-order chi connectivity index (χ1) is 7.77. The Balaban J connectivity index is 1.78. The topological polar surface area (TPSA) is 41.6 Å². The normalized spacial score (nSPS) is 28.1. The molecule has 0 aliphatic carbocycles. The molecule has 2 heterocycles.